The van der Waals surface area contributed by atoms with Crippen LogP contribution in [0, 0.1) is 0 Å². The van der Waals surface area contributed by atoms with Crippen LogP contribution in [-0.2, 0) is 4.79 Å². The lowest BCUT2D eigenvalue weighted by Crippen LogP contribution is -2.14. The SMILES string of the molecule is CC(=O)Nc1cc(N)ccc1N=C1C=CC(=O)c2ncccc21. The van der Waals surface area contributed by atoms with Crippen molar-refractivity contribution >= 4 is 34.5 Å². The number of nitrogens with one attached hydrogen (secondary N) is 1. The zero-order valence-corrected chi connectivity index (χ0v) is 12.4. The number of nitrogens with zero attached hydrogens (tertiary/aromatic N) is 2. The molecule has 0 radical (unpaired) electrons. The molecule has 114 valence electrons. The number of hydrogen-bond donors (Lipinski definition) is 2. The van der Waals surface area contributed by atoms with Gasteiger partial charge in [0.2, 0.25) is 11.7 Å². The number of aliphatic imine (C=N–C) groups is 1. The van der Waals surface area contributed by atoms with Gasteiger partial charge in [-0.05, 0) is 42.5 Å². The molecule has 3 rings (SSSR count). The largest absolute Gasteiger partial charge is 0.399 e. The van der Waals surface area contributed by atoms with E-state index in [1.165, 1.54) is 13.0 Å². The smallest absolute Gasteiger partial charge is 0.221 e. The molecule has 0 saturated heterocycles. The molecule has 6 nitrogen and oxygen atoms in total. The molecule has 1 amide bonds. The first kappa shape index (κ1) is 14.6. The molecule has 0 atom stereocenters. The van der Waals surface area contributed by atoms with Crippen molar-refractivity contribution in [1.29, 1.82) is 0 Å². The first-order chi connectivity index (χ1) is 11.0. The van der Waals surface area contributed by atoms with Crippen molar-refractivity contribution in [3.05, 3.63) is 59.9 Å². The summed E-state index contributed by atoms with van der Waals surface area (Å²) in [5, 5.41) is 2.70. The predicted molar refractivity (Wildman–Crippen MR) is 89.1 cm³/mol. The van der Waals surface area contributed by atoms with Gasteiger partial charge in [-0.15, -0.1) is 0 Å². The fourth-order valence-corrected chi connectivity index (χ4v) is 2.30. The molecule has 6 heteroatoms. The summed E-state index contributed by atoms with van der Waals surface area (Å²) in [5.74, 6) is -0.368. The number of pyridine rings is 1. The Labute approximate surface area is 132 Å². The summed E-state index contributed by atoms with van der Waals surface area (Å²) in [6, 6.07) is 8.60. The number of anilines is 2. The van der Waals surface area contributed by atoms with Crippen LogP contribution in [0.5, 0.6) is 0 Å². The Kier molecular flexibility index (Phi) is 3.72. The van der Waals surface area contributed by atoms with Crippen LogP contribution >= 0.6 is 0 Å². The molecule has 3 N–H and O–H groups in total. The molecule has 1 aromatic carbocycles. The van der Waals surface area contributed by atoms with Crippen molar-refractivity contribution in [2.75, 3.05) is 11.1 Å². The average molecular weight is 306 g/mol. The molecular weight excluding hydrogens is 292 g/mol. The molecule has 2 aromatic rings. The van der Waals surface area contributed by atoms with E-state index in [1.54, 1.807) is 42.6 Å². The van der Waals surface area contributed by atoms with Crippen LogP contribution in [-0.4, -0.2) is 22.4 Å². The van der Waals surface area contributed by atoms with Gasteiger partial charge >= 0.3 is 0 Å². The van der Waals surface area contributed by atoms with Gasteiger partial charge in [-0.1, -0.05) is 0 Å². The Balaban J connectivity index is 2.11. The van der Waals surface area contributed by atoms with Crippen LogP contribution in [0.3, 0.4) is 0 Å². The molecule has 1 aliphatic rings. The number of rotatable bonds is 2. The van der Waals surface area contributed by atoms with Gasteiger partial charge in [-0.3, -0.25) is 14.6 Å². The first-order valence-electron chi connectivity index (χ1n) is 6.98. The monoisotopic (exact) mass is 306 g/mol. The highest BCUT2D eigenvalue weighted by Crippen LogP contribution is 2.29. The van der Waals surface area contributed by atoms with Crippen LogP contribution in [0.2, 0.25) is 0 Å². The first-order valence-corrected chi connectivity index (χ1v) is 6.98. The van der Waals surface area contributed by atoms with Gasteiger partial charge in [0, 0.05) is 24.4 Å². The minimum atomic E-state index is -0.214. The zero-order chi connectivity index (χ0) is 16.4. The summed E-state index contributed by atoms with van der Waals surface area (Å²) in [7, 11) is 0. The number of carbonyl (C=O) groups is 2. The van der Waals surface area contributed by atoms with Gasteiger partial charge in [0.15, 0.2) is 0 Å². The fraction of sp³-hybridized carbons (Fsp3) is 0.0588. The highest BCUT2D eigenvalue weighted by atomic mass is 16.1. The second-order valence-corrected chi connectivity index (χ2v) is 5.05. The summed E-state index contributed by atoms with van der Waals surface area (Å²) >= 11 is 0. The third kappa shape index (κ3) is 3.01. The van der Waals surface area contributed by atoms with Crippen LogP contribution in [0.25, 0.3) is 0 Å². The molecule has 0 unspecified atom stereocenters. The van der Waals surface area contributed by atoms with Gasteiger partial charge in [-0.25, -0.2) is 4.99 Å². The summed E-state index contributed by atoms with van der Waals surface area (Å²) in [4.78, 5) is 31.9. The number of hydrogen-bond acceptors (Lipinski definition) is 5. The van der Waals surface area contributed by atoms with Gasteiger partial charge in [-0.2, -0.15) is 0 Å². The van der Waals surface area contributed by atoms with Crippen LogP contribution in [0.15, 0.2) is 53.7 Å². The second kappa shape index (κ2) is 5.84. The van der Waals surface area contributed by atoms with Crippen LogP contribution in [0.4, 0.5) is 17.1 Å². The zero-order valence-electron chi connectivity index (χ0n) is 12.4. The minimum absolute atomic E-state index is 0.154. The fourth-order valence-electron chi connectivity index (χ4n) is 2.30. The van der Waals surface area contributed by atoms with E-state index in [4.69, 9.17) is 5.73 Å². The lowest BCUT2D eigenvalue weighted by Gasteiger charge is -2.12. The molecule has 1 heterocycles. The van der Waals surface area contributed by atoms with E-state index in [1.807, 2.05) is 0 Å². The highest BCUT2D eigenvalue weighted by Gasteiger charge is 2.18. The van der Waals surface area contributed by atoms with Gasteiger partial charge in [0.25, 0.3) is 0 Å². The topological polar surface area (TPSA) is 97.4 Å². The predicted octanol–water partition coefficient (Wildman–Crippen LogP) is 2.50. The second-order valence-electron chi connectivity index (χ2n) is 5.05. The molecule has 23 heavy (non-hydrogen) atoms. The van der Waals surface area contributed by atoms with Crippen molar-refractivity contribution < 1.29 is 9.59 Å². The summed E-state index contributed by atoms with van der Waals surface area (Å²) in [6.45, 7) is 1.42. The molecule has 1 aliphatic carbocycles. The minimum Gasteiger partial charge on any atom is -0.399 e. The number of carbonyl (C=O) groups excluding carboxylic acids is 2. The van der Waals surface area contributed by atoms with E-state index >= 15 is 0 Å². The van der Waals surface area contributed by atoms with E-state index in [-0.39, 0.29) is 11.7 Å². The molecule has 0 spiro atoms. The van der Waals surface area contributed by atoms with Crippen molar-refractivity contribution in [3.8, 4) is 0 Å². The molecule has 0 saturated carbocycles. The normalized spacial score (nSPS) is 14.7. The molecule has 0 bridgehead atoms. The summed E-state index contributed by atoms with van der Waals surface area (Å²) in [5.41, 5.74) is 8.98. The molecule has 0 aliphatic heterocycles. The number of benzene rings is 1. The Morgan fingerprint density at radius 1 is 1.26 bits per heavy atom. The summed E-state index contributed by atoms with van der Waals surface area (Å²) < 4.78 is 0. The van der Waals surface area contributed by atoms with Crippen molar-refractivity contribution in [1.82, 2.24) is 4.98 Å². The van der Waals surface area contributed by atoms with E-state index in [2.05, 4.69) is 15.3 Å². The lowest BCUT2D eigenvalue weighted by atomic mass is 9.99. The van der Waals surface area contributed by atoms with Crippen LogP contribution < -0.4 is 11.1 Å². The molecule has 1 aromatic heterocycles. The van der Waals surface area contributed by atoms with Crippen molar-refractivity contribution in [2.45, 2.75) is 6.92 Å². The number of fused-ring (bicyclic) bond motifs is 1. The summed E-state index contributed by atoms with van der Waals surface area (Å²) in [6.07, 6.45) is 4.64. The van der Waals surface area contributed by atoms with Gasteiger partial charge in [0.05, 0.1) is 17.1 Å². The van der Waals surface area contributed by atoms with Gasteiger partial charge in [0.1, 0.15) is 5.69 Å². The van der Waals surface area contributed by atoms with E-state index in [9.17, 15) is 9.59 Å². The number of ketones is 1. The Morgan fingerprint density at radius 3 is 2.87 bits per heavy atom. The lowest BCUT2D eigenvalue weighted by molar-refractivity contribution is -0.114. The van der Waals surface area contributed by atoms with Crippen molar-refractivity contribution in [2.24, 2.45) is 4.99 Å². The Morgan fingerprint density at radius 2 is 2.09 bits per heavy atom. The molecular formula is C17H14N4O2. The van der Waals surface area contributed by atoms with Gasteiger partial charge < -0.3 is 11.1 Å². The number of nitrogens with two attached hydrogens (primary N) is 1. The van der Waals surface area contributed by atoms with Crippen LogP contribution in [0.1, 0.15) is 23.0 Å². The maximum atomic E-state index is 11.9. The van der Waals surface area contributed by atoms with Crippen molar-refractivity contribution in [3.63, 3.8) is 0 Å². The quantitative estimate of drug-likeness (QED) is 0.833. The molecule has 0 fully saturated rings. The maximum Gasteiger partial charge on any atom is 0.221 e. The third-order valence-electron chi connectivity index (χ3n) is 3.28. The highest BCUT2D eigenvalue weighted by molar-refractivity contribution is 6.23. The number of allylic oxidation sites excluding steroid dienone is 2. The van der Waals surface area contributed by atoms with E-state index in [0.29, 0.717) is 34.0 Å². The third-order valence-corrected chi connectivity index (χ3v) is 3.28. The standard InChI is InChI=1S/C17H14N4O2/c1-10(22)20-15-9-11(18)4-5-14(15)21-13-6-7-16(23)17-12(13)3-2-8-19-17/h2-9H,18H2,1H3,(H,20,22). The van der Waals surface area contributed by atoms with E-state index < -0.39 is 0 Å². The average Bonchev–Trinajstić information content (AvgIpc) is 2.52. The Hall–Kier alpha value is -3.28. The van der Waals surface area contributed by atoms with E-state index in [0.717, 1.165) is 0 Å². The number of amides is 1. The Bertz CT molecular complexity index is 869. The number of nitrogen functional groups attached to an aromatic ring is 1. The maximum absolute atomic E-state index is 11.9. The number of aromatic nitrogens is 1.